The van der Waals surface area contributed by atoms with Crippen LogP contribution in [0.5, 0.6) is 0 Å². The van der Waals surface area contributed by atoms with Crippen LogP contribution in [0.3, 0.4) is 0 Å². The minimum absolute atomic E-state index is 0.0515. The molecule has 0 atom stereocenters. The minimum Gasteiger partial charge on any atom is -0.325 e. The average Bonchev–Trinajstić information content (AvgIpc) is 2.79. The van der Waals surface area contributed by atoms with Gasteiger partial charge >= 0.3 is 0 Å². The van der Waals surface area contributed by atoms with Crippen molar-refractivity contribution in [3.63, 3.8) is 0 Å². The van der Waals surface area contributed by atoms with Crippen LogP contribution in [0.4, 0.5) is 5.69 Å². The van der Waals surface area contributed by atoms with Gasteiger partial charge in [-0.2, -0.15) is 0 Å². The summed E-state index contributed by atoms with van der Waals surface area (Å²) in [7, 11) is 0. The van der Waals surface area contributed by atoms with Crippen molar-refractivity contribution in [2.45, 2.75) is 19.8 Å². The van der Waals surface area contributed by atoms with Crippen LogP contribution in [0.2, 0.25) is 5.02 Å². The van der Waals surface area contributed by atoms with Gasteiger partial charge in [0.15, 0.2) is 0 Å². The minimum atomic E-state index is 0.0515. The van der Waals surface area contributed by atoms with Crippen molar-refractivity contribution in [2.75, 3.05) is 5.32 Å². The fourth-order valence-corrected chi connectivity index (χ4v) is 2.53. The topological polar surface area (TPSA) is 29.1 Å². The van der Waals surface area contributed by atoms with Gasteiger partial charge in [0.25, 0.3) is 0 Å². The second kappa shape index (κ2) is 5.23. The Morgan fingerprint density at radius 2 is 2.06 bits per heavy atom. The molecule has 0 bridgehead atoms. The van der Waals surface area contributed by atoms with Crippen molar-refractivity contribution < 1.29 is 4.79 Å². The van der Waals surface area contributed by atoms with Crippen LogP contribution in [0.1, 0.15) is 18.4 Å². The predicted octanol–water partition coefficient (Wildman–Crippen LogP) is 4.32. The lowest BCUT2D eigenvalue weighted by atomic mass is 10.1. The number of carbonyl (C=O) groups excluding carboxylic acids is 1. The Kier molecular flexibility index (Phi) is 3.89. The number of benzene rings is 1. The summed E-state index contributed by atoms with van der Waals surface area (Å²) in [6.45, 7) is 1.93. The molecule has 2 nitrogen and oxygen atoms in total. The predicted molar refractivity (Wildman–Crippen MR) is 74.4 cm³/mol. The fourth-order valence-electron chi connectivity index (χ4n) is 1.81. The number of amides is 1. The molecule has 4 heteroatoms. The number of allylic oxidation sites excluding steroid dienone is 2. The van der Waals surface area contributed by atoms with Gasteiger partial charge in [0.1, 0.15) is 0 Å². The van der Waals surface area contributed by atoms with Gasteiger partial charge in [-0.1, -0.05) is 23.8 Å². The van der Waals surface area contributed by atoms with E-state index in [0.717, 1.165) is 28.6 Å². The van der Waals surface area contributed by atoms with Gasteiger partial charge in [-0.05, 0) is 53.4 Å². The molecule has 1 amide bonds. The first-order valence-corrected chi connectivity index (χ1v) is 6.66. The Morgan fingerprint density at radius 1 is 1.41 bits per heavy atom. The van der Waals surface area contributed by atoms with Crippen molar-refractivity contribution >= 4 is 39.1 Å². The summed E-state index contributed by atoms with van der Waals surface area (Å²) in [6, 6.07) is 3.69. The normalized spacial score (nSPS) is 15.2. The summed E-state index contributed by atoms with van der Waals surface area (Å²) in [6.07, 6.45) is 5.73. The van der Waals surface area contributed by atoms with Crippen LogP contribution in [0.15, 0.2) is 28.8 Å². The molecule has 1 aliphatic carbocycles. The molecule has 0 heterocycles. The second-order valence-corrected chi connectivity index (χ2v) is 5.47. The number of nitrogens with one attached hydrogen (secondary N) is 1. The summed E-state index contributed by atoms with van der Waals surface area (Å²) >= 11 is 9.47. The van der Waals surface area contributed by atoms with Crippen molar-refractivity contribution in [3.8, 4) is 0 Å². The molecule has 0 radical (unpaired) electrons. The van der Waals surface area contributed by atoms with Crippen molar-refractivity contribution in [1.29, 1.82) is 0 Å². The zero-order valence-corrected chi connectivity index (χ0v) is 11.8. The van der Waals surface area contributed by atoms with E-state index in [1.54, 1.807) is 6.07 Å². The monoisotopic (exact) mass is 313 g/mol. The molecule has 1 aromatic rings. The number of halogens is 2. The molecule has 0 fully saturated rings. The Morgan fingerprint density at radius 3 is 2.71 bits per heavy atom. The van der Waals surface area contributed by atoms with Crippen LogP contribution in [-0.4, -0.2) is 5.91 Å². The van der Waals surface area contributed by atoms with Gasteiger partial charge < -0.3 is 5.32 Å². The summed E-state index contributed by atoms with van der Waals surface area (Å²) in [4.78, 5) is 11.9. The largest absolute Gasteiger partial charge is 0.325 e. The highest BCUT2D eigenvalue weighted by molar-refractivity contribution is 9.10. The molecule has 17 heavy (non-hydrogen) atoms. The molecule has 0 aromatic heterocycles. The average molecular weight is 315 g/mol. The Labute approximate surface area is 114 Å². The smallest absolute Gasteiger partial charge is 0.228 e. The fraction of sp³-hybridized carbons (Fsp3) is 0.308. The lowest BCUT2D eigenvalue weighted by Gasteiger charge is -2.13. The lowest BCUT2D eigenvalue weighted by molar-refractivity contribution is -0.119. The summed E-state index contributed by atoms with van der Waals surface area (Å²) < 4.78 is 0.860. The van der Waals surface area contributed by atoms with E-state index < -0.39 is 0 Å². The van der Waals surface area contributed by atoms with E-state index in [9.17, 15) is 4.79 Å². The first kappa shape index (κ1) is 12.7. The highest BCUT2D eigenvalue weighted by Crippen LogP contribution is 2.30. The molecule has 1 N–H and O–H groups in total. The van der Waals surface area contributed by atoms with Crippen molar-refractivity contribution in [2.24, 2.45) is 5.92 Å². The van der Waals surface area contributed by atoms with Gasteiger partial charge in [0.2, 0.25) is 5.91 Å². The third-order valence-corrected chi connectivity index (χ3v) is 3.95. The Balaban J connectivity index is 2.13. The van der Waals surface area contributed by atoms with E-state index in [-0.39, 0.29) is 11.8 Å². The highest BCUT2D eigenvalue weighted by Gasteiger charge is 2.20. The quantitative estimate of drug-likeness (QED) is 0.810. The van der Waals surface area contributed by atoms with E-state index in [4.69, 9.17) is 11.6 Å². The number of aryl methyl sites for hydroxylation is 1. The van der Waals surface area contributed by atoms with Crippen LogP contribution in [-0.2, 0) is 4.79 Å². The third kappa shape index (κ3) is 2.90. The number of carbonyl (C=O) groups is 1. The van der Waals surface area contributed by atoms with E-state index in [1.807, 2.05) is 25.1 Å². The Bertz CT molecular complexity index is 477. The molecule has 1 aromatic carbocycles. The molecule has 2 rings (SSSR count). The summed E-state index contributed by atoms with van der Waals surface area (Å²) in [5.74, 6) is 0.109. The molecule has 0 saturated carbocycles. The zero-order valence-electron chi connectivity index (χ0n) is 9.47. The molecular formula is C13H13BrClNO. The van der Waals surface area contributed by atoms with Gasteiger partial charge in [0, 0.05) is 15.4 Å². The molecule has 1 aliphatic rings. The molecule has 0 unspecified atom stereocenters. The van der Waals surface area contributed by atoms with E-state index in [1.165, 1.54) is 0 Å². The highest BCUT2D eigenvalue weighted by atomic mass is 79.9. The summed E-state index contributed by atoms with van der Waals surface area (Å²) in [5, 5.41) is 3.57. The maximum atomic E-state index is 11.9. The van der Waals surface area contributed by atoms with Crippen LogP contribution < -0.4 is 5.32 Å². The zero-order chi connectivity index (χ0) is 12.4. The molecular weight excluding hydrogens is 302 g/mol. The van der Waals surface area contributed by atoms with E-state index in [0.29, 0.717) is 5.02 Å². The Hall–Kier alpha value is -0.800. The lowest BCUT2D eigenvalue weighted by Crippen LogP contribution is -2.20. The van der Waals surface area contributed by atoms with Gasteiger partial charge in [-0.3, -0.25) is 4.79 Å². The SMILES string of the molecule is Cc1cc(Br)c(NC(=O)C2CC=CC2)cc1Cl. The standard InChI is InChI=1S/C13H13BrClNO/c1-8-6-10(14)12(7-11(8)15)16-13(17)9-4-2-3-5-9/h2-3,6-7,9H,4-5H2,1H3,(H,16,17). The van der Waals surface area contributed by atoms with Crippen molar-refractivity contribution in [1.82, 2.24) is 0 Å². The first-order valence-electron chi connectivity index (χ1n) is 5.49. The maximum absolute atomic E-state index is 11.9. The van der Waals surface area contributed by atoms with Crippen LogP contribution >= 0.6 is 27.5 Å². The second-order valence-electron chi connectivity index (χ2n) is 4.21. The van der Waals surface area contributed by atoms with Gasteiger partial charge in [-0.25, -0.2) is 0 Å². The number of rotatable bonds is 2. The van der Waals surface area contributed by atoms with Crippen molar-refractivity contribution in [3.05, 3.63) is 39.3 Å². The summed E-state index contributed by atoms with van der Waals surface area (Å²) in [5.41, 5.74) is 1.72. The van der Waals surface area contributed by atoms with Gasteiger partial charge in [0.05, 0.1) is 5.69 Å². The molecule has 0 spiro atoms. The molecule has 0 saturated heterocycles. The van der Waals surface area contributed by atoms with Crippen LogP contribution in [0, 0.1) is 12.8 Å². The number of hydrogen-bond donors (Lipinski definition) is 1. The van der Waals surface area contributed by atoms with Crippen LogP contribution in [0.25, 0.3) is 0 Å². The molecule has 0 aliphatic heterocycles. The number of hydrogen-bond acceptors (Lipinski definition) is 1. The van der Waals surface area contributed by atoms with E-state index in [2.05, 4.69) is 21.2 Å². The maximum Gasteiger partial charge on any atom is 0.228 e. The van der Waals surface area contributed by atoms with E-state index >= 15 is 0 Å². The number of anilines is 1. The first-order chi connectivity index (χ1) is 8.08. The molecule has 90 valence electrons. The third-order valence-electron chi connectivity index (χ3n) is 2.88. The van der Waals surface area contributed by atoms with Gasteiger partial charge in [-0.15, -0.1) is 0 Å².